The fraction of sp³-hybridized carbons (Fsp3) is 1.00. The minimum absolute atomic E-state index is 0.361. The van der Waals surface area contributed by atoms with E-state index in [1.807, 2.05) is 0 Å². The topological polar surface area (TPSA) is 41.7 Å². The second kappa shape index (κ2) is 8.32. The number of rotatable bonds is 7. The van der Waals surface area contributed by atoms with Crippen molar-refractivity contribution < 1.29 is 4.74 Å². The first kappa shape index (κ1) is 16.2. The lowest BCUT2D eigenvalue weighted by atomic mass is 10.0. The molecule has 0 aromatic rings. The molecule has 2 N–H and O–H groups in total. The number of likely N-dealkylation sites (tertiary alicyclic amines) is 1. The van der Waals surface area contributed by atoms with Gasteiger partial charge in [0.25, 0.3) is 0 Å². The van der Waals surface area contributed by atoms with Crippen LogP contribution < -0.4 is 5.73 Å². The molecule has 0 saturated carbocycles. The molecule has 4 nitrogen and oxygen atoms in total. The van der Waals surface area contributed by atoms with Gasteiger partial charge in [0.2, 0.25) is 0 Å². The molecule has 0 aliphatic carbocycles. The van der Waals surface area contributed by atoms with Crippen LogP contribution in [0.5, 0.6) is 0 Å². The van der Waals surface area contributed by atoms with Crippen molar-refractivity contribution in [3.05, 3.63) is 0 Å². The summed E-state index contributed by atoms with van der Waals surface area (Å²) in [6.45, 7) is 12.4. The van der Waals surface area contributed by atoms with Gasteiger partial charge in [-0.2, -0.15) is 0 Å². The van der Waals surface area contributed by atoms with E-state index in [1.165, 1.54) is 45.3 Å². The van der Waals surface area contributed by atoms with E-state index in [0.717, 1.165) is 38.3 Å². The molecule has 2 rings (SSSR count). The molecule has 0 bridgehead atoms. The molecular formula is C16H33N3O. The fourth-order valence-corrected chi connectivity index (χ4v) is 3.54. The van der Waals surface area contributed by atoms with E-state index in [9.17, 15) is 0 Å². The lowest BCUT2D eigenvalue weighted by Crippen LogP contribution is -2.44. The Morgan fingerprint density at radius 1 is 1.15 bits per heavy atom. The van der Waals surface area contributed by atoms with Gasteiger partial charge in [-0.3, -0.25) is 4.90 Å². The summed E-state index contributed by atoms with van der Waals surface area (Å²) in [7, 11) is 0. The quantitative estimate of drug-likeness (QED) is 0.770. The predicted octanol–water partition coefficient (Wildman–Crippen LogP) is 1.55. The van der Waals surface area contributed by atoms with E-state index in [1.54, 1.807) is 0 Å². The number of nitrogens with two attached hydrogens (primary N) is 1. The zero-order valence-electron chi connectivity index (χ0n) is 13.4. The van der Waals surface area contributed by atoms with Crippen molar-refractivity contribution in [2.75, 3.05) is 45.9 Å². The molecule has 0 amide bonds. The molecule has 3 unspecified atom stereocenters. The van der Waals surface area contributed by atoms with Crippen molar-refractivity contribution in [1.82, 2.24) is 9.80 Å². The van der Waals surface area contributed by atoms with Crippen LogP contribution in [0.1, 0.15) is 39.5 Å². The van der Waals surface area contributed by atoms with Crippen LogP contribution in [0.3, 0.4) is 0 Å². The normalized spacial score (nSPS) is 28.6. The summed E-state index contributed by atoms with van der Waals surface area (Å²) in [5.41, 5.74) is 5.82. The highest BCUT2D eigenvalue weighted by Crippen LogP contribution is 2.19. The zero-order chi connectivity index (χ0) is 14.4. The molecule has 3 atom stereocenters. The minimum Gasteiger partial charge on any atom is -0.379 e. The summed E-state index contributed by atoms with van der Waals surface area (Å²) < 4.78 is 5.45. The predicted molar refractivity (Wildman–Crippen MR) is 83.9 cm³/mol. The molecule has 20 heavy (non-hydrogen) atoms. The fourth-order valence-electron chi connectivity index (χ4n) is 3.54. The van der Waals surface area contributed by atoms with Gasteiger partial charge in [-0.05, 0) is 38.6 Å². The maximum Gasteiger partial charge on any atom is 0.0594 e. The molecule has 118 valence electrons. The Hall–Kier alpha value is -0.160. The van der Waals surface area contributed by atoms with Crippen molar-refractivity contribution in [3.63, 3.8) is 0 Å². The highest BCUT2D eigenvalue weighted by molar-refractivity contribution is 4.85. The Kier molecular flexibility index (Phi) is 6.75. The van der Waals surface area contributed by atoms with Crippen molar-refractivity contribution in [1.29, 1.82) is 0 Å². The van der Waals surface area contributed by atoms with Gasteiger partial charge in [0.1, 0.15) is 0 Å². The Morgan fingerprint density at radius 3 is 2.60 bits per heavy atom. The number of ether oxygens (including phenoxy) is 1. The molecule has 2 fully saturated rings. The molecule has 0 aromatic heterocycles. The van der Waals surface area contributed by atoms with E-state index in [4.69, 9.17) is 10.5 Å². The van der Waals surface area contributed by atoms with E-state index < -0.39 is 0 Å². The van der Waals surface area contributed by atoms with Crippen molar-refractivity contribution in [3.8, 4) is 0 Å². The molecule has 0 aromatic carbocycles. The second-order valence-electron chi connectivity index (χ2n) is 6.86. The van der Waals surface area contributed by atoms with Crippen LogP contribution in [-0.4, -0.2) is 67.8 Å². The molecular weight excluding hydrogens is 250 g/mol. The van der Waals surface area contributed by atoms with Gasteiger partial charge in [-0.15, -0.1) is 0 Å². The summed E-state index contributed by atoms with van der Waals surface area (Å²) in [5.74, 6) is 0.803. The molecule has 4 heteroatoms. The number of hydrogen-bond donors (Lipinski definition) is 1. The third kappa shape index (κ3) is 5.32. The SMILES string of the molecule is CC(N)CCCC(C)CN1CCC(N2CCOCC2)C1. The minimum atomic E-state index is 0.361. The standard InChI is InChI=1S/C16H33N3O/c1-14(4-3-5-15(2)17)12-18-7-6-16(13-18)19-8-10-20-11-9-19/h14-16H,3-13,17H2,1-2H3. The number of hydrogen-bond acceptors (Lipinski definition) is 4. The average molecular weight is 283 g/mol. The molecule has 2 aliphatic heterocycles. The second-order valence-corrected chi connectivity index (χ2v) is 6.86. The van der Waals surface area contributed by atoms with Gasteiger partial charge >= 0.3 is 0 Å². The summed E-state index contributed by atoms with van der Waals surface area (Å²) in [5, 5.41) is 0. The van der Waals surface area contributed by atoms with Crippen LogP contribution in [0.25, 0.3) is 0 Å². The van der Waals surface area contributed by atoms with Gasteiger partial charge in [0, 0.05) is 38.3 Å². The van der Waals surface area contributed by atoms with Gasteiger partial charge in [0.15, 0.2) is 0 Å². The largest absolute Gasteiger partial charge is 0.379 e. The van der Waals surface area contributed by atoms with Gasteiger partial charge in [-0.25, -0.2) is 0 Å². The first-order valence-corrected chi connectivity index (χ1v) is 8.45. The van der Waals surface area contributed by atoms with E-state index in [-0.39, 0.29) is 0 Å². The third-order valence-corrected chi connectivity index (χ3v) is 4.74. The Morgan fingerprint density at radius 2 is 1.90 bits per heavy atom. The van der Waals surface area contributed by atoms with E-state index in [0.29, 0.717) is 6.04 Å². The lowest BCUT2D eigenvalue weighted by Gasteiger charge is -2.32. The summed E-state index contributed by atoms with van der Waals surface area (Å²) in [6, 6.07) is 1.13. The number of morpholine rings is 1. The first-order chi connectivity index (χ1) is 9.65. The van der Waals surface area contributed by atoms with Gasteiger partial charge in [-0.1, -0.05) is 13.3 Å². The van der Waals surface area contributed by atoms with E-state index >= 15 is 0 Å². The Bertz CT molecular complexity index is 266. The Labute approximate surface area is 124 Å². The molecule has 0 spiro atoms. The van der Waals surface area contributed by atoms with Crippen LogP contribution in [0, 0.1) is 5.92 Å². The summed E-state index contributed by atoms with van der Waals surface area (Å²) >= 11 is 0. The third-order valence-electron chi connectivity index (χ3n) is 4.74. The van der Waals surface area contributed by atoms with Crippen LogP contribution >= 0.6 is 0 Å². The van der Waals surface area contributed by atoms with Crippen LogP contribution in [0.2, 0.25) is 0 Å². The molecule has 2 saturated heterocycles. The summed E-state index contributed by atoms with van der Waals surface area (Å²) in [4.78, 5) is 5.29. The van der Waals surface area contributed by atoms with Crippen LogP contribution in [0.4, 0.5) is 0 Å². The van der Waals surface area contributed by atoms with Gasteiger partial charge in [0.05, 0.1) is 13.2 Å². The monoisotopic (exact) mass is 283 g/mol. The van der Waals surface area contributed by atoms with Crippen molar-refractivity contribution in [2.45, 2.75) is 51.6 Å². The molecule has 0 radical (unpaired) electrons. The van der Waals surface area contributed by atoms with Gasteiger partial charge < -0.3 is 15.4 Å². The van der Waals surface area contributed by atoms with Crippen molar-refractivity contribution in [2.24, 2.45) is 11.7 Å². The maximum atomic E-state index is 5.82. The molecule has 2 aliphatic rings. The van der Waals surface area contributed by atoms with E-state index in [2.05, 4.69) is 23.6 Å². The van der Waals surface area contributed by atoms with Crippen LogP contribution in [0.15, 0.2) is 0 Å². The molecule has 2 heterocycles. The van der Waals surface area contributed by atoms with Crippen molar-refractivity contribution >= 4 is 0 Å². The number of nitrogens with zero attached hydrogens (tertiary/aromatic N) is 2. The maximum absolute atomic E-state index is 5.82. The average Bonchev–Trinajstić information content (AvgIpc) is 2.88. The lowest BCUT2D eigenvalue weighted by molar-refractivity contribution is 0.0182. The Balaban J connectivity index is 1.62. The zero-order valence-corrected chi connectivity index (χ0v) is 13.4. The highest BCUT2D eigenvalue weighted by atomic mass is 16.5. The van der Waals surface area contributed by atoms with Crippen LogP contribution in [-0.2, 0) is 4.74 Å². The highest BCUT2D eigenvalue weighted by Gasteiger charge is 2.28. The smallest absolute Gasteiger partial charge is 0.0594 e. The summed E-state index contributed by atoms with van der Waals surface area (Å²) in [6.07, 6.45) is 5.10. The first-order valence-electron chi connectivity index (χ1n) is 8.45.